The van der Waals surface area contributed by atoms with E-state index in [0.717, 1.165) is 34.4 Å². The smallest absolute Gasteiger partial charge is 0.248 e. The van der Waals surface area contributed by atoms with Crippen molar-refractivity contribution < 1.29 is 9.15 Å². The first-order valence-electron chi connectivity index (χ1n) is 9.06. The molecule has 0 bridgehead atoms. The summed E-state index contributed by atoms with van der Waals surface area (Å²) in [5, 5.41) is 8.42. The highest BCUT2D eigenvalue weighted by Crippen LogP contribution is 2.28. The van der Waals surface area contributed by atoms with Crippen molar-refractivity contribution >= 4 is 0 Å². The molecule has 0 unspecified atom stereocenters. The summed E-state index contributed by atoms with van der Waals surface area (Å²) < 4.78 is 11.5. The summed E-state index contributed by atoms with van der Waals surface area (Å²) in [5.74, 6) is 1.85. The summed E-state index contributed by atoms with van der Waals surface area (Å²) in [5.41, 5.74) is 4.04. The second-order valence-corrected chi connectivity index (χ2v) is 6.23. The third-order valence-electron chi connectivity index (χ3n) is 4.22. The van der Waals surface area contributed by atoms with E-state index in [1.807, 2.05) is 54.6 Å². The van der Waals surface area contributed by atoms with E-state index in [9.17, 15) is 0 Å². The molecule has 1 heterocycles. The fraction of sp³-hybridized carbons (Fsp3) is 0.130. The topological polar surface area (TPSA) is 48.2 Å². The molecule has 0 aliphatic carbocycles. The largest absolute Gasteiger partial charge is 0.494 e. The van der Waals surface area contributed by atoms with Gasteiger partial charge in [-0.15, -0.1) is 10.2 Å². The first-order chi connectivity index (χ1) is 13.3. The highest BCUT2D eigenvalue weighted by Gasteiger charge is 2.11. The maximum Gasteiger partial charge on any atom is 0.248 e. The predicted molar refractivity (Wildman–Crippen MR) is 106 cm³/mol. The molecule has 4 rings (SSSR count). The van der Waals surface area contributed by atoms with Crippen LogP contribution in [0.1, 0.15) is 13.3 Å². The lowest BCUT2D eigenvalue weighted by Gasteiger charge is -2.04. The molecule has 134 valence electrons. The molecule has 0 spiro atoms. The minimum Gasteiger partial charge on any atom is -0.494 e. The molecule has 0 fully saturated rings. The third-order valence-corrected chi connectivity index (χ3v) is 4.22. The van der Waals surface area contributed by atoms with E-state index in [1.54, 1.807) is 0 Å². The lowest BCUT2D eigenvalue weighted by Crippen LogP contribution is -1.94. The van der Waals surface area contributed by atoms with Crippen LogP contribution in [-0.4, -0.2) is 16.8 Å². The number of hydrogen-bond donors (Lipinski definition) is 0. The molecule has 0 amide bonds. The molecule has 1 aromatic heterocycles. The minimum atomic E-state index is 0.497. The Morgan fingerprint density at radius 1 is 0.704 bits per heavy atom. The summed E-state index contributed by atoms with van der Waals surface area (Å²) in [7, 11) is 0. The molecule has 0 radical (unpaired) electrons. The maximum absolute atomic E-state index is 5.90. The number of hydrogen-bond acceptors (Lipinski definition) is 4. The zero-order valence-electron chi connectivity index (χ0n) is 15.1. The van der Waals surface area contributed by atoms with Crippen LogP contribution in [-0.2, 0) is 0 Å². The van der Waals surface area contributed by atoms with E-state index in [1.165, 1.54) is 0 Å². The van der Waals surface area contributed by atoms with Gasteiger partial charge in [-0.2, -0.15) is 0 Å². The summed E-state index contributed by atoms with van der Waals surface area (Å²) in [4.78, 5) is 0. The van der Waals surface area contributed by atoms with Crippen LogP contribution < -0.4 is 4.74 Å². The second-order valence-electron chi connectivity index (χ2n) is 6.23. The van der Waals surface area contributed by atoms with Crippen molar-refractivity contribution in [2.75, 3.05) is 6.61 Å². The van der Waals surface area contributed by atoms with Gasteiger partial charge in [0.25, 0.3) is 0 Å². The fourth-order valence-corrected chi connectivity index (χ4v) is 2.83. The molecular formula is C23H20N2O2. The van der Waals surface area contributed by atoms with Crippen molar-refractivity contribution in [2.45, 2.75) is 13.3 Å². The Labute approximate surface area is 158 Å². The van der Waals surface area contributed by atoms with E-state index >= 15 is 0 Å². The maximum atomic E-state index is 5.90. The van der Waals surface area contributed by atoms with Gasteiger partial charge in [0, 0.05) is 11.1 Å². The standard InChI is InChI=1S/C23H20N2O2/c1-2-15-26-21-13-11-18(12-14-21)22-24-25-23(27-22)20-10-6-9-19(16-20)17-7-4-3-5-8-17/h3-14,16H,2,15H2,1H3. The van der Waals surface area contributed by atoms with Gasteiger partial charge in [0.1, 0.15) is 5.75 Å². The van der Waals surface area contributed by atoms with Crippen molar-refractivity contribution in [3.8, 4) is 39.8 Å². The molecule has 0 aliphatic heterocycles. The van der Waals surface area contributed by atoms with E-state index < -0.39 is 0 Å². The first kappa shape index (κ1) is 17.0. The van der Waals surface area contributed by atoms with Crippen molar-refractivity contribution in [2.24, 2.45) is 0 Å². The predicted octanol–water partition coefficient (Wildman–Crippen LogP) is 5.86. The number of rotatable bonds is 6. The normalized spacial score (nSPS) is 10.7. The van der Waals surface area contributed by atoms with Gasteiger partial charge in [0.05, 0.1) is 6.61 Å². The van der Waals surface area contributed by atoms with Gasteiger partial charge >= 0.3 is 0 Å². The van der Waals surface area contributed by atoms with Crippen LogP contribution in [0.5, 0.6) is 5.75 Å². The molecule has 0 saturated carbocycles. The third kappa shape index (κ3) is 3.90. The van der Waals surface area contributed by atoms with E-state index in [4.69, 9.17) is 9.15 Å². The molecule has 0 atom stereocenters. The van der Waals surface area contributed by atoms with E-state index in [0.29, 0.717) is 18.4 Å². The summed E-state index contributed by atoms with van der Waals surface area (Å²) >= 11 is 0. The van der Waals surface area contributed by atoms with Crippen LogP contribution in [0.3, 0.4) is 0 Å². The van der Waals surface area contributed by atoms with Gasteiger partial charge in [-0.25, -0.2) is 0 Å². The fourth-order valence-electron chi connectivity index (χ4n) is 2.83. The van der Waals surface area contributed by atoms with E-state index in [2.05, 4.69) is 41.4 Å². The average Bonchev–Trinajstić information content (AvgIpc) is 3.24. The Kier molecular flexibility index (Phi) is 4.97. The second kappa shape index (κ2) is 7.87. The van der Waals surface area contributed by atoms with Gasteiger partial charge in [-0.05, 0) is 53.9 Å². The molecule has 0 saturated heterocycles. The Bertz CT molecular complexity index is 1010. The molecule has 0 aliphatic rings. The Balaban J connectivity index is 1.58. The lowest BCUT2D eigenvalue weighted by atomic mass is 10.0. The van der Waals surface area contributed by atoms with Gasteiger partial charge < -0.3 is 9.15 Å². The highest BCUT2D eigenvalue weighted by molar-refractivity contribution is 5.70. The Hall–Kier alpha value is -3.40. The number of aromatic nitrogens is 2. The number of benzene rings is 3. The van der Waals surface area contributed by atoms with Crippen molar-refractivity contribution in [1.82, 2.24) is 10.2 Å². The van der Waals surface area contributed by atoms with Crippen LogP contribution in [0.4, 0.5) is 0 Å². The molecule has 4 nitrogen and oxygen atoms in total. The summed E-state index contributed by atoms with van der Waals surface area (Å²) in [6.07, 6.45) is 0.983. The van der Waals surface area contributed by atoms with Gasteiger partial charge in [0.2, 0.25) is 11.8 Å². The minimum absolute atomic E-state index is 0.497. The van der Waals surface area contributed by atoms with Crippen molar-refractivity contribution in [1.29, 1.82) is 0 Å². The van der Waals surface area contributed by atoms with Crippen molar-refractivity contribution in [3.05, 3.63) is 78.9 Å². The molecular weight excluding hydrogens is 336 g/mol. The number of nitrogens with zero attached hydrogens (tertiary/aromatic N) is 2. The van der Waals surface area contributed by atoms with Gasteiger partial charge in [-0.1, -0.05) is 49.4 Å². The molecule has 0 N–H and O–H groups in total. The van der Waals surface area contributed by atoms with Gasteiger partial charge in [-0.3, -0.25) is 0 Å². The summed E-state index contributed by atoms with van der Waals surface area (Å²) in [6, 6.07) is 26.1. The van der Waals surface area contributed by atoms with E-state index in [-0.39, 0.29) is 0 Å². The zero-order valence-corrected chi connectivity index (χ0v) is 15.1. The van der Waals surface area contributed by atoms with Crippen LogP contribution in [0.15, 0.2) is 83.3 Å². The lowest BCUT2D eigenvalue weighted by molar-refractivity contribution is 0.317. The molecule has 4 aromatic rings. The average molecular weight is 356 g/mol. The Morgan fingerprint density at radius 2 is 1.37 bits per heavy atom. The zero-order chi connectivity index (χ0) is 18.5. The quantitative estimate of drug-likeness (QED) is 0.434. The van der Waals surface area contributed by atoms with Gasteiger partial charge in [0.15, 0.2) is 0 Å². The Morgan fingerprint density at radius 3 is 2.11 bits per heavy atom. The SMILES string of the molecule is CCCOc1ccc(-c2nnc(-c3cccc(-c4ccccc4)c3)o2)cc1. The summed E-state index contributed by atoms with van der Waals surface area (Å²) in [6.45, 7) is 2.79. The van der Waals surface area contributed by atoms with Crippen LogP contribution >= 0.6 is 0 Å². The highest BCUT2D eigenvalue weighted by atomic mass is 16.5. The molecule has 3 aromatic carbocycles. The number of ether oxygens (including phenoxy) is 1. The monoisotopic (exact) mass is 356 g/mol. The van der Waals surface area contributed by atoms with Crippen LogP contribution in [0.25, 0.3) is 34.0 Å². The van der Waals surface area contributed by atoms with Crippen LogP contribution in [0, 0.1) is 0 Å². The van der Waals surface area contributed by atoms with Crippen LogP contribution in [0.2, 0.25) is 0 Å². The molecule has 27 heavy (non-hydrogen) atoms. The molecule has 4 heteroatoms. The van der Waals surface area contributed by atoms with Crippen molar-refractivity contribution in [3.63, 3.8) is 0 Å². The first-order valence-corrected chi connectivity index (χ1v) is 9.06.